The molecule has 1 heterocycles. The van der Waals surface area contributed by atoms with Crippen molar-refractivity contribution < 1.29 is 13.2 Å². The van der Waals surface area contributed by atoms with Crippen molar-refractivity contribution in [2.24, 2.45) is 0 Å². The van der Waals surface area contributed by atoms with Crippen LogP contribution >= 0.6 is 22.6 Å². The summed E-state index contributed by atoms with van der Waals surface area (Å²) in [5.41, 5.74) is 0. The SMILES string of the molecule is O=S(=O)(NCCCI)C1CCOCC1. The van der Waals surface area contributed by atoms with Gasteiger partial charge in [-0.05, 0) is 19.3 Å². The first-order valence-corrected chi connectivity index (χ1v) is 7.86. The van der Waals surface area contributed by atoms with Crippen LogP contribution in [0.4, 0.5) is 0 Å². The Hall–Kier alpha value is 0.600. The van der Waals surface area contributed by atoms with Crippen LogP contribution in [0.1, 0.15) is 19.3 Å². The van der Waals surface area contributed by atoms with E-state index in [1.54, 1.807) is 0 Å². The van der Waals surface area contributed by atoms with Crippen molar-refractivity contribution in [1.82, 2.24) is 4.72 Å². The summed E-state index contributed by atoms with van der Waals surface area (Å²) in [5.74, 6) is 0. The highest BCUT2D eigenvalue weighted by Crippen LogP contribution is 2.14. The smallest absolute Gasteiger partial charge is 0.214 e. The predicted molar refractivity (Wildman–Crippen MR) is 64.3 cm³/mol. The van der Waals surface area contributed by atoms with E-state index >= 15 is 0 Å². The average Bonchev–Trinajstić information content (AvgIpc) is 2.19. The molecule has 0 aliphatic carbocycles. The van der Waals surface area contributed by atoms with E-state index in [1.807, 2.05) is 0 Å². The van der Waals surface area contributed by atoms with Gasteiger partial charge in [-0.15, -0.1) is 0 Å². The maximum absolute atomic E-state index is 11.7. The molecule has 0 spiro atoms. The van der Waals surface area contributed by atoms with E-state index in [4.69, 9.17) is 4.74 Å². The summed E-state index contributed by atoms with van der Waals surface area (Å²) >= 11 is 2.24. The minimum Gasteiger partial charge on any atom is -0.381 e. The molecule has 1 aliphatic heterocycles. The largest absolute Gasteiger partial charge is 0.381 e. The minimum atomic E-state index is -3.09. The van der Waals surface area contributed by atoms with Crippen molar-refractivity contribution in [3.63, 3.8) is 0 Å². The second-order valence-electron chi connectivity index (χ2n) is 3.29. The fourth-order valence-corrected chi connectivity index (χ4v) is 3.24. The van der Waals surface area contributed by atoms with Crippen LogP contribution in [0.5, 0.6) is 0 Å². The number of sulfonamides is 1. The molecule has 0 amide bonds. The third-order valence-electron chi connectivity index (χ3n) is 2.22. The highest BCUT2D eigenvalue weighted by molar-refractivity contribution is 14.1. The van der Waals surface area contributed by atoms with Crippen molar-refractivity contribution in [3.05, 3.63) is 0 Å². The van der Waals surface area contributed by atoms with E-state index in [0.29, 0.717) is 32.6 Å². The fraction of sp³-hybridized carbons (Fsp3) is 1.00. The van der Waals surface area contributed by atoms with Crippen molar-refractivity contribution in [3.8, 4) is 0 Å². The molecule has 84 valence electrons. The maximum atomic E-state index is 11.7. The number of rotatable bonds is 5. The topological polar surface area (TPSA) is 55.4 Å². The molecule has 1 fully saturated rings. The maximum Gasteiger partial charge on any atom is 0.214 e. The first kappa shape index (κ1) is 12.7. The lowest BCUT2D eigenvalue weighted by molar-refractivity contribution is 0.0981. The first-order valence-electron chi connectivity index (χ1n) is 4.79. The first-order chi connectivity index (χ1) is 6.67. The molecule has 1 rings (SSSR count). The van der Waals surface area contributed by atoms with Gasteiger partial charge in [0.2, 0.25) is 10.0 Å². The van der Waals surface area contributed by atoms with Crippen LogP contribution in [-0.2, 0) is 14.8 Å². The lowest BCUT2D eigenvalue weighted by atomic mass is 10.2. The molecule has 4 nitrogen and oxygen atoms in total. The summed E-state index contributed by atoms with van der Waals surface area (Å²) in [7, 11) is -3.09. The molecule has 6 heteroatoms. The molecular weight excluding hydrogens is 317 g/mol. The standard InChI is InChI=1S/C8H16INO3S/c9-4-1-5-10-14(11,12)8-2-6-13-7-3-8/h8,10H,1-7H2. The van der Waals surface area contributed by atoms with Crippen LogP contribution in [0, 0.1) is 0 Å². The van der Waals surface area contributed by atoms with Gasteiger partial charge < -0.3 is 4.74 Å². The predicted octanol–water partition coefficient (Wildman–Crippen LogP) is 0.910. The summed E-state index contributed by atoms with van der Waals surface area (Å²) in [5, 5.41) is -0.245. The number of ether oxygens (including phenoxy) is 1. The Morgan fingerprint density at radius 3 is 2.57 bits per heavy atom. The lowest BCUT2D eigenvalue weighted by Gasteiger charge is -2.22. The van der Waals surface area contributed by atoms with Crippen LogP contribution in [-0.4, -0.2) is 37.9 Å². The van der Waals surface area contributed by atoms with Gasteiger partial charge in [-0.2, -0.15) is 0 Å². The Morgan fingerprint density at radius 1 is 1.36 bits per heavy atom. The summed E-state index contributed by atoms with van der Waals surface area (Å²) in [4.78, 5) is 0. The second kappa shape index (κ2) is 6.24. The van der Waals surface area contributed by atoms with Gasteiger partial charge in [-0.25, -0.2) is 13.1 Å². The van der Waals surface area contributed by atoms with Crippen LogP contribution in [0.25, 0.3) is 0 Å². The lowest BCUT2D eigenvalue weighted by Crippen LogP contribution is -2.38. The van der Waals surface area contributed by atoms with Gasteiger partial charge in [0.05, 0.1) is 5.25 Å². The number of hydrogen-bond acceptors (Lipinski definition) is 3. The zero-order valence-corrected chi connectivity index (χ0v) is 11.0. The van der Waals surface area contributed by atoms with Crippen LogP contribution in [0.2, 0.25) is 0 Å². The average molecular weight is 333 g/mol. The molecular formula is C8H16INO3S. The molecule has 1 aliphatic rings. The van der Waals surface area contributed by atoms with Crippen molar-refractivity contribution in [1.29, 1.82) is 0 Å². The number of halogens is 1. The Bertz CT molecular complexity index is 249. The Balaban J connectivity index is 2.38. The van der Waals surface area contributed by atoms with Gasteiger partial charge in [0.25, 0.3) is 0 Å². The van der Waals surface area contributed by atoms with Crippen LogP contribution in [0.15, 0.2) is 0 Å². The molecule has 0 saturated carbocycles. The normalized spacial score (nSPS) is 19.8. The molecule has 0 unspecified atom stereocenters. The third kappa shape index (κ3) is 4.00. The second-order valence-corrected chi connectivity index (χ2v) is 6.42. The highest BCUT2D eigenvalue weighted by Gasteiger charge is 2.26. The molecule has 0 bridgehead atoms. The summed E-state index contributed by atoms with van der Waals surface area (Å²) in [6.45, 7) is 1.69. The Labute approximate surface area is 99.0 Å². The molecule has 0 aromatic carbocycles. The molecule has 0 aromatic heterocycles. The van der Waals surface area contributed by atoms with E-state index in [9.17, 15) is 8.42 Å². The summed E-state index contributed by atoms with van der Waals surface area (Å²) in [6, 6.07) is 0. The number of hydrogen-bond donors (Lipinski definition) is 1. The Morgan fingerprint density at radius 2 is 2.00 bits per heavy atom. The number of nitrogens with one attached hydrogen (secondary N) is 1. The monoisotopic (exact) mass is 333 g/mol. The minimum absolute atomic E-state index is 0.245. The van der Waals surface area contributed by atoms with E-state index < -0.39 is 10.0 Å². The van der Waals surface area contributed by atoms with Crippen molar-refractivity contribution >= 4 is 32.6 Å². The van der Waals surface area contributed by atoms with Gasteiger partial charge in [-0.3, -0.25) is 0 Å². The van der Waals surface area contributed by atoms with E-state index in [-0.39, 0.29) is 5.25 Å². The molecule has 0 atom stereocenters. The van der Waals surface area contributed by atoms with Gasteiger partial charge in [0, 0.05) is 24.2 Å². The zero-order chi connectivity index (χ0) is 10.4. The fourth-order valence-electron chi connectivity index (χ4n) is 1.39. The molecule has 14 heavy (non-hydrogen) atoms. The number of alkyl halides is 1. The van der Waals surface area contributed by atoms with E-state index in [0.717, 1.165) is 10.8 Å². The molecule has 0 aromatic rings. The Kier molecular flexibility index (Phi) is 5.65. The van der Waals surface area contributed by atoms with Crippen molar-refractivity contribution in [2.75, 3.05) is 24.2 Å². The van der Waals surface area contributed by atoms with Gasteiger partial charge in [-0.1, -0.05) is 22.6 Å². The highest BCUT2D eigenvalue weighted by atomic mass is 127. The quantitative estimate of drug-likeness (QED) is 0.462. The third-order valence-corrected chi connectivity index (χ3v) is 4.94. The molecule has 1 N–H and O–H groups in total. The van der Waals surface area contributed by atoms with Crippen LogP contribution < -0.4 is 4.72 Å². The van der Waals surface area contributed by atoms with Gasteiger partial charge in [0.15, 0.2) is 0 Å². The van der Waals surface area contributed by atoms with E-state index in [2.05, 4.69) is 27.3 Å². The van der Waals surface area contributed by atoms with Gasteiger partial charge in [0.1, 0.15) is 0 Å². The molecule has 0 radical (unpaired) electrons. The summed E-state index contributed by atoms with van der Waals surface area (Å²) < 4.78 is 32.1. The van der Waals surface area contributed by atoms with Gasteiger partial charge >= 0.3 is 0 Å². The van der Waals surface area contributed by atoms with Crippen molar-refractivity contribution in [2.45, 2.75) is 24.5 Å². The van der Waals surface area contributed by atoms with Crippen LogP contribution in [0.3, 0.4) is 0 Å². The summed E-state index contributed by atoms with van der Waals surface area (Å²) in [6.07, 6.45) is 2.14. The zero-order valence-electron chi connectivity index (χ0n) is 8.04. The van der Waals surface area contributed by atoms with E-state index in [1.165, 1.54) is 0 Å². The molecule has 1 saturated heterocycles.